The molecule has 1 fully saturated rings. The topological polar surface area (TPSA) is 24.1 Å². The summed E-state index contributed by atoms with van der Waals surface area (Å²) in [5.74, 6) is 0.930. The van der Waals surface area contributed by atoms with Crippen LogP contribution in [0, 0.1) is 5.92 Å². The molecule has 1 heterocycles. The van der Waals surface area contributed by atoms with E-state index in [-0.39, 0.29) is 12.4 Å². The quantitative estimate of drug-likeness (QED) is 0.863. The number of hydrogen-bond donors (Lipinski definition) is 2. The SMILES string of the molecule is CNc1cccc(CCC2CCNCC2)c1.Cl. The van der Waals surface area contributed by atoms with E-state index in [1.54, 1.807) is 0 Å². The minimum Gasteiger partial charge on any atom is -0.388 e. The third-order valence-corrected chi connectivity index (χ3v) is 3.52. The summed E-state index contributed by atoms with van der Waals surface area (Å²) in [7, 11) is 1.98. The highest BCUT2D eigenvalue weighted by atomic mass is 35.5. The first-order valence-electron chi connectivity index (χ1n) is 6.36. The summed E-state index contributed by atoms with van der Waals surface area (Å²) in [6.07, 6.45) is 5.27. The second kappa shape index (κ2) is 7.57. The van der Waals surface area contributed by atoms with Gasteiger partial charge in [-0.1, -0.05) is 12.1 Å². The van der Waals surface area contributed by atoms with Crippen LogP contribution in [0.1, 0.15) is 24.8 Å². The van der Waals surface area contributed by atoms with E-state index < -0.39 is 0 Å². The van der Waals surface area contributed by atoms with Crippen molar-refractivity contribution >= 4 is 18.1 Å². The lowest BCUT2D eigenvalue weighted by atomic mass is 9.91. The van der Waals surface area contributed by atoms with Crippen molar-refractivity contribution in [1.29, 1.82) is 0 Å². The van der Waals surface area contributed by atoms with Crippen LogP contribution in [0.2, 0.25) is 0 Å². The van der Waals surface area contributed by atoms with Gasteiger partial charge in [0.25, 0.3) is 0 Å². The van der Waals surface area contributed by atoms with Crippen molar-refractivity contribution in [2.75, 3.05) is 25.5 Å². The van der Waals surface area contributed by atoms with E-state index in [4.69, 9.17) is 0 Å². The van der Waals surface area contributed by atoms with Gasteiger partial charge in [0.2, 0.25) is 0 Å². The molecule has 0 radical (unpaired) electrons. The summed E-state index contributed by atoms with van der Waals surface area (Å²) in [6.45, 7) is 2.42. The number of rotatable bonds is 4. The summed E-state index contributed by atoms with van der Waals surface area (Å²) < 4.78 is 0. The van der Waals surface area contributed by atoms with Gasteiger partial charge in [-0.05, 0) is 62.4 Å². The molecule has 0 aliphatic carbocycles. The van der Waals surface area contributed by atoms with Gasteiger partial charge in [-0.3, -0.25) is 0 Å². The summed E-state index contributed by atoms with van der Waals surface area (Å²) in [5.41, 5.74) is 2.69. The highest BCUT2D eigenvalue weighted by Crippen LogP contribution is 2.19. The first-order chi connectivity index (χ1) is 7.88. The normalized spacial score (nSPS) is 16.3. The van der Waals surface area contributed by atoms with E-state index in [9.17, 15) is 0 Å². The molecule has 0 atom stereocenters. The zero-order valence-corrected chi connectivity index (χ0v) is 11.4. The van der Waals surface area contributed by atoms with Crippen molar-refractivity contribution in [3.05, 3.63) is 29.8 Å². The van der Waals surface area contributed by atoms with Crippen LogP contribution in [0.15, 0.2) is 24.3 Å². The van der Waals surface area contributed by atoms with Crippen LogP contribution in [-0.2, 0) is 6.42 Å². The molecule has 0 spiro atoms. The van der Waals surface area contributed by atoms with Gasteiger partial charge in [0, 0.05) is 12.7 Å². The Morgan fingerprint density at radius 2 is 2.06 bits per heavy atom. The average molecular weight is 255 g/mol. The van der Waals surface area contributed by atoms with Gasteiger partial charge in [-0.15, -0.1) is 12.4 Å². The number of aryl methyl sites for hydroxylation is 1. The van der Waals surface area contributed by atoms with E-state index in [1.807, 2.05) is 7.05 Å². The van der Waals surface area contributed by atoms with Gasteiger partial charge in [-0.25, -0.2) is 0 Å². The molecule has 2 N–H and O–H groups in total. The summed E-state index contributed by atoms with van der Waals surface area (Å²) in [6, 6.07) is 8.76. The molecule has 3 heteroatoms. The Labute approximate surface area is 111 Å². The zero-order chi connectivity index (χ0) is 11.2. The Kier molecular flexibility index (Phi) is 6.38. The van der Waals surface area contributed by atoms with Crippen LogP contribution in [-0.4, -0.2) is 20.1 Å². The van der Waals surface area contributed by atoms with Gasteiger partial charge >= 0.3 is 0 Å². The highest BCUT2D eigenvalue weighted by Gasteiger charge is 2.12. The molecule has 2 rings (SSSR count). The lowest BCUT2D eigenvalue weighted by Gasteiger charge is -2.22. The molecular weight excluding hydrogens is 232 g/mol. The molecule has 0 aromatic heterocycles. The number of benzene rings is 1. The average Bonchev–Trinajstić information content (AvgIpc) is 2.38. The van der Waals surface area contributed by atoms with Gasteiger partial charge in [-0.2, -0.15) is 0 Å². The Morgan fingerprint density at radius 3 is 2.76 bits per heavy atom. The predicted molar refractivity (Wildman–Crippen MR) is 77.2 cm³/mol. The second-order valence-electron chi connectivity index (χ2n) is 4.68. The maximum atomic E-state index is 3.42. The molecule has 0 saturated carbocycles. The zero-order valence-electron chi connectivity index (χ0n) is 10.5. The maximum Gasteiger partial charge on any atom is 0.0340 e. The fraction of sp³-hybridized carbons (Fsp3) is 0.571. The molecule has 96 valence electrons. The van der Waals surface area contributed by atoms with Crippen molar-refractivity contribution in [3.8, 4) is 0 Å². The van der Waals surface area contributed by atoms with Crippen molar-refractivity contribution in [3.63, 3.8) is 0 Å². The minimum absolute atomic E-state index is 0. The Bertz CT molecular complexity index is 322. The standard InChI is InChI=1S/C14H22N2.ClH/c1-15-14-4-2-3-13(11-14)6-5-12-7-9-16-10-8-12;/h2-4,11-12,15-16H,5-10H2,1H3;1H. The van der Waals surface area contributed by atoms with E-state index in [2.05, 4.69) is 34.9 Å². The number of piperidine rings is 1. The van der Waals surface area contributed by atoms with Crippen molar-refractivity contribution < 1.29 is 0 Å². The smallest absolute Gasteiger partial charge is 0.0340 e. The molecule has 0 bridgehead atoms. The molecule has 2 nitrogen and oxygen atoms in total. The van der Waals surface area contributed by atoms with Gasteiger partial charge < -0.3 is 10.6 Å². The summed E-state index contributed by atoms with van der Waals surface area (Å²) in [5, 5.41) is 6.62. The molecule has 1 saturated heterocycles. The third kappa shape index (κ3) is 4.57. The molecule has 1 aliphatic rings. The van der Waals surface area contributed by atoms with Crippen LogP contribution in [0.25, 0.3) is 0 Å². The number of hydrogen-bond acceptors (Lipinski definition) is 2. The fourth-order valence-electron chi connectivity index (χ4n) is 2.42. The Hall–Kier alpha value is -0.730. The van der Waals surface area contributed by atoms with Crippen molar-refractivity contribution in [1.82, 2.24) is 5.32 Å². The number of anilines is 1. The minimum atomic E-state index is 0. The molecule has 0 amide bonds. The van der Waals surface area contributed by atoms with E-state index >= 15 is 0 Å². The van der Waals surface area contributed by atoms with Crippen LogP contribution < -0.4 is 10.6 Å². The molecular formula is C14H23ClN2. The molecule has 1 aliphatic heterocycles. The van der Waals surface area contributed by atoms with Crippen LogP contribution in [0.4, 0.5) is 5.69 Å². The van der Waals surface area contributed by atoms with E-state index in [0.717, 1.165) is 5.92 Å². The highest BCUT2D eigenvalue weighted by molar-refractivity contribution is 5.85. The molecule has 1 aromatic rings. The molecule has 17 heavy (non-hydrogen) atoms. The lowest BCUT2D eigenvalue weighted by molar-refractivity contribution is 0.354. The Morgan fingerprint density at radius 1 is 1.29 bits per heavy atom. The van der Waals surface area contributed by atoms with Gasteiger partial charge in [0.1, 0.15) is 0 Å². The van der Waals surface area contributed by atoms with Crippen LogP contribution >= 0.6 is 12.4 Å². The first-order valence-corrected chi connectivity index (χ1v) is 6.36. The molecule has 1 aromatic carbocycles. The van der Waals surface area contributed by atoms with Crippen LogP contribution in [0.3, 0.4) is 0 Å². The lowest BCUT2D eigenvalue weighted by Crippen LogP contribution is -2.27. The van der Waals surface area contributed by atoms with E-state index in [0.29, 0.717) is 0 Å². The molecule has 0 unspecified atom stereocenters. The second-order valence-corrected chi connectivity index (χ2v) is 4.68. The van der Waals surface area contributed by atoms with Gasteiger partial charge in [0.05, 0.1) is 0 Å². The van der Waals surface area contributed by atoms with Gasteiger partial charge in [0.15, 0.2) is 0 Å². The van der Waals surface area contributed by atoms with Crippen molar-refractivity contribution in [2.45, 2.75) is 25.7 Å². The monoisotopic (exact) mass is 254 g/mol. The number of halogens is 1. The Balaban J connectivity index is 0.00000144. The maximum absolute atomic E-state index is 3.42. The third-order valence-electron chi connectivity index (χ3n) is 3.52. The predicted octanol–water partition coefficient (Wildman–Crippen LogP) is 3.08. The fourth-order valence-corrected chi connectivity index (χ4v) is 2.42. The number of nitrogens with one attached hydrogen (secondary N) is 2. The van der Waals surface area contributed by atoms with Crippen LogP contribution in [0.5, 0.6) is 0 Å². The van der Waals surface area contributed by atoms with Crippen molar-refractivity contribution in [2.24, 2.45) is 5.92 Å². The summed E-state index contributed by atoms with van der Waals surface area (Å²) >= 11 is 0. The first kappa shape index (κ1) is 14.3. The largest absolute Gasteiger partial charge is 0.388 e. The van der Waals surface area contributed by atoms with E-state index in [1.165, 1.54) is 50.0 Å². The summed E-state index contributed by atoms with van der Waals surface area (Å²) in [4.78, 5) is 0.